The Morgan fingerprint density at radius 3 is 2.71 bits per heavy atom. The molecular weight excluding hydrogens is 264 g/mol. The van der Waals surface area contributed by atoms with Crippen LogP contribution in [0.5, 0.6) is 0 Å². The summed E-state index contributed by atoms with van der Waals surface area (Å²) in [5.41, 5.74) is 0.686. The van der Waals surface area contributed by atoms with Gasteiger partial charge in [-0.1, -0.05) is 24.3 Å². The van der Waals surface area contributed by atoms with Crippen molar-refractivity contribution in [2.24, 2.45) is 0 Å². The van der Waals surface area contributed by atoms with Crippen LogP contribution in [0.1, 0.15) is 26.3 Å². The molecule has 0 saturated carbocycles. The molecule has 4 heteroatoms. The molecule has 1 aromatic heterocycles. The zero-order valence-corrected chi connectivity index (χ0v) is 12.8. The molecule has 0 amide bonds. The van der Waals surface area contributed by atoms with Crippen molar-refractivity contribution in [1.29, 1.82) is 0 Å². The van der Waals surface area contributed by atoms with Gasteiger partial charge in [0.05, 0.1) is 18.3 Å². The number of morpholine rings is 1. The lowest BCUT2D eigenvalue weighted by molar-refractivity contribution is -0.0750. The number of rotatable bonds is 2. The second kappa shape index (κ2) is 5.28. The molecule has 1 fully saturated rings. The van der Waals surface area contributed by atoms with Gasteiger partial charge >= 0.3 is 0 Å². The number of nitrogens with zero attached hydrogens (tertiary/aromatic N) is 2. The maximum absolute atomic E-state index is 9.49. The van der Waals surface area contributed by atoms with E-state index in [2.05, 4.69) is 36.7 Å². The van der Waals surface area contributed by atoms with E-state index in [1.165, 1.54) is 0 Å². The molecule has 1 N–H and O–H groups in total. The first kappa shape index (κ1) is 14.3. The van der Waals surface area contributed by atoms with Gasteiger partial charge < -0.3 is 14.7 Å². The lowest BCUT2D eigenvalue weighted by atomic mass is 10.0. The average Bonchev–Trinajstić information content (AvgIpc) is 2.44. The molecule has 0 bridgehead atoms. The van der Waals surface area contributed by atoms with Gasteiger partial charge in [-0.15, -0.1) is 0 Å². The van der Waals surface area contributed by atoms with Crippen LogP contribution in [0.25, 0.3) is 10.8 Å². The maximum atomic E-state index is 9.49. The van der Waals surface area contributed by atoms with Crippen molar-refractivity contribution in [1.82, 2.24) is 4.98 Å². The van der Waals surface area contributed by atoms with Gasteiger partial charge in [0.15, 0.2) is 0 Å². The van der Waals surface area contributed by atoms with E-state index in [-0.39, 0.29) is 18.3 Å². The summed E-state index contributed by atoms with van der Waals surface area (Å²) in [6.45, 7) is 7.97. The number of benzene rings is 1. The fraction of sp³-hybridized carbons (Fsp3) is 0.471. The second-order valence-electron chi connectivity index (χ2n) is 6.38. The third kappa shape index (κ3) is 2.74. The SMILES string of the molecule is CC1CN(c2ncc(CO)c3ccccc23)CC(C)(C)O1. The molecule has 1 aliphatic rings. The smallest absolute Gasteiger partial charge is 0.136 e. The monoisotopic (exact) mass is 286 g/mol. The number of aromatic nitrogens is 1. The van der Waals surface area contributed by atoms with Crippen LogP contribution in [0.4, 0.5) is 5.82 Å². The van der Waals surface area contributed by atoms with Crippen LogP contribution in [0, 0.1) is 0 Å². The first-order valence-corrected chi connectivity index (χ1v) is 7.40. The molecule has 1 atom stereocenters. The van der Waals surface area contributed by atoms with Crippen molar-refractivity contribution in [3.8, 4) is 0 Å². The van der Waals surface area contributed by atoms with E-state index in [0.717, 1.165) is 35.2 Å². The molecule has 0 aliphatic carbocycles. The summed E-state index contributed by atoms with van der Waals surface area (Å²) in [4.78, 5) is 6.90. The zero-order valence-electron chi connectivity index (χ0n) is 12.8. The number of anilines is 1. The van der Waals surface area contributed by atoms with Crippen LogP contribution < -0.4 is 4.90 Å². The minimum Gasteiger partial charge on any atom is -0.392 e. The van der Waals surface area contributed by atoms with Crippen LogP contribution in [-0.2, 0) is 11.3 Å². The van der Waals surface area contributed by atoms with Gasteiger partial charge in [0.2, 0.25) is 0 Å². The summed E-state index contributed by atoms with van der Waals surface area (Å²) >= 11 is 0. The van der Waals surface area contributed by atoms with Crippen LogP contribution >= 0.6 is 0 Å². The molecule has 112 valence electrons. The van der Waals surface area contributed by atoms with E-state index in [1.807, 2.05) is 18.2 Å². The number of aliphatic hydroxyl groups is 1. The minimum absolute atomic E-state index is 0.0127. The number of aliphatic hydroxyl groups excluding tert-OH is 1. The fourth-order valence-corrected chi connectivity index (χ4v) is 3.23. The number of ether oxygens (including phenoxy) is 1. The molecular formula is C17H22N2O2. The van der Waals surface area contributed by atoms with E-state index in [4.69, 9.17) is 4.74 Å². The van der Waals surface area contributed by atoms with E-state index < -0.39 is 0 Å². The lowest BCUT2D eigenvalue weighted by Crippen LogP contribution is -2.52. The number of pyridine rings is 1. The minimum atomic E-state index is -0.184. The van der Waals surface area contributed by atoms with Gasteiger partial charge in [-0.05, 0) is 26.2 Å². The van der Waals surface area contributed by atoms with E-state index in [0.29, 0.717) is 0 Å². The van der Waals surface area contributed by atoms with Crippen molar-refractivity contribution in [3.63, 3.8) is 0 Å². The van der Waals surface area contributed by atoms with E-state index in [1.54, 1.807) is 6.20 Å². The Hall–Kier alpha value is -1.65. The van der Waals surface area contributed by atoms with Crippen LogP contribution in [-0.4, -0.2) is 34.9 Å². The predicted octanol–water partition coefficient (Wildman–Crippen LogP) is 2.73. The third-order valence-electron chi connectivity index (χ3n) is 3.90. The maximum Gasteiger partial charge on any atom is 0.136 e. The molecule has 3 rings (SSSR count). The topological polar surface area (TPSA) is 45.6 Å². The summed E-state index contributed by atoms with van der Waals surface area (Å²) in [5, 5.41) is 11.7. The van der Waals surface area contributed by atoms with Gasteiger partial charge in [0, 0.05) is 30.2 Å². The highest BCUT2D eigenvalue weighted by atomic mass is 16.5. The average molecular weight is 286 g/mol. The normalized spacial score (nSPS) is 21.7. The highest BCUT2D eigenvalue weighted by Gasteiger charge is 2.32. The van der Waals surface area contributed by atoms with Gasteiger partial charge in [0.1, 0.15) is 5.82 Å². The van der Waals surface area contributed by atoms with Gasteiger partial charge in [-0.25, -0.2) is 4.98 Å². The van der Waals surface area contributed by atoms with Crippen LogP contribution in [0.15, 0.2) is 30.5 Å². The highest BCUT2D eigenvalue weighted by Crippen LogP contribution is 2.31. The van der Waals surface area contributed by atoms with E-state index in [9.17, 15) is 5.11 Å². The largest absolute Gasteiger partial charge is 0.392 e. The molecule has 21 heavy (non-hydrogen) atoms. The third-order valence-corrected chi connectivity index (χ3v) is 3.90. The molecule has 0 spiro atoms. The summed E-state index contributed by atoms with van der Waals surface area (Å²) in [6, 6.07) is 8.13. The van der Waals surface area contributed by atoms with Gasteiger partial charge in [-0.3, -0.25) is 0 Å². The summed E-state index contributed by atoms with van der Waals surface area (Å²) in [5.74, 6) is 0.978. The first-order valence-electron chi connectivity index (χ1n) is 7.40. The summed E-state index contributed by atoms with van der Waals surface area (Å²) in [6.07, 6.45) is 1.96. The molecule has 1 aliphatic heterocycles. The molecule has 1 aromatic carbocycles. The molecule has 0 radical (unpaired) electrons. The zero-order chi connectivity index (χ0) is 15.0. The molecule has 2 aromatic rings. The Morgan fingerprint density at radius 2 is 2.05 bits per heavy atom. The highest BCUT2D eigenvalue weighted by molar-refractivity contribution is 5.94. The lowest BCUT2D eigenvalue weighted by Gasteiger charge is -2.42. The Morgan fingerprint density at radius 1 is 1.33 bits per heavy atom. The molecule has 2 heterocycles. The molecule has 1 unspecified atom stereocenters. The Bertz CT molecular complexity index is 654. The Kier molecular flexibility index (Phi) is 3.59. The predicted molar refractivity (Wildman–Crippen MR) is 84.5 cm³/mol. The fourth-order valence-electron chi connectivity index (χ4n) is 3.23. The molecule has 4 nitrogen and oxygen atoms in total. The summed E-state index contributed by atoms with van der Waals surface area (Å²) in [7, 11) is 0. The van der Waals surface area contributed by atoms with Crippen molar-refractivity contribution in [2.75, 3.05) is 18.0 Å². The number of fused-ring (bicyclic) bond motifs is 1. The van der Waals surface area contributed by atoms with Crippen molar-refractivity contribution in [2.45, 2.75) is 39.1 Å². The Balaban J connectivity index is 2.08. The summed E-state index contributed by atoms with van der Waals surface area (Å²) < 4.78 is 5.97. The number of hydrogen-bond acceptors (Lipinski definition) is 4. The van der Waals surface area contributed by atoms with Gasteiger partial charge in [-0.2, -0.15) is 0 Å². The van der Waals surface area contributed by atoms with Crippen LogP contribution in [0.2, 0.25) is 0 Å². The molecule has 1 saturated heterocycles. The van der Waals surface area contributed by atoms with E-state index >= 15 is 0 Å². The number of hydrogen-bond donors (Lipinski definition) is 1. The quantitative estimate of drug-likeness (QED) is 0.922. The van der Waals surface area contributed by atoms with Crippen molar-refractivity contribution < 1.29 is 9.84 Å². The first-order chi connectivity index (χ1) is 10.00. The second-order valence-corrected chi connectivity index (χ2v) is 6.38. The van der Waals surface area contributed by atoms with Gasteiger partial charge in [0.25, 0.3) is 0 Å². The van der Waals surface area contributed by atoms with Crippen molar-refractivity contribution >= 4 is 16.6 Å². The Labute approximate surface area is 125 Å². The van der Waals surface area contributed by atoms with Crippen molar-refractivity contribution in [3.05, 3.63) is 36.0 Å². The standard InChI is InChI=1S/C17H22N2O2/c1-12-9-19(11-17(2,3)21-12)16-15-7-5-4-6-14(15)13(10-20)8-18-16/h4-8,12,20H,9-11H2,1-3H3. The van der Waals surface area contributed by atoms with Crippen LogP contribution in [0.3, 0.4) is 0 Å².